The van der Waals surface area contributed by atoms with Gasteiger partial charge in [-0.1, -0.05) is 0 Å². The van der Waals surface area contributed by atoms with Gasteiger partial charge in [-0.05, 0) is 12.8 Å². The van der Waals surface area contributed by atoms with Gasteiger partial charge in [0.1, 0.15) is 0 Å². The van der Waals surface area contributed by atoms with Gasteiger partial charge in [0.05, 0.1) is 18.9 Å². The van der Waals surface area contributed by atoms with Gasteiger partial charge in [-0.2, -0.15) is 0 Å². The minimum Gasteiger partial charge on any atom is -0.390 e. The lowest BCUT2D eigenvalue weighted by Crippen LogP contribution is -2.44. The van der Waals surface area contributed by atoms with Gasteiger partial charge in [0.15, 0.2) is 6.17 Å². The van der Waals surface area contributed by atoms with Gasteiger partial charge in [-0.25, -0.2) is 4.39 Å². The molecule has 0 unspecified atom stereocenters. The molecule has 1 aliphatic carbocycles. The van der Waals surface area contributed by atoms with Crippen LogP contribution in [0.15, 0.2) is 0 Å². The van der Waals surface area contributed by atoms with Crippen LogP contribution in [0, 0.1) is 5.92 Å². The average Bonchev–Trinajstić information content (AvgIpc) is 2.01. The van der Waals surface area contributed by atoms with Crippen LogP contribution in [-0.4, -0.2) is 35.3 Å². The van der Waals surface area contributed by atoms with E-state index in [1.165, 1.54) is 0 Å². The van der Waals surface area contributed by atoms with E-state index in [-0.39, 0.29) is 6.42 Å². The van der Waals surface area contributed by atoms with Crippen molar-refractivity contribution in [3.8, 4) is 0 Å². The normalized spacial score (nSPS) is 45.8. The van der Waals surface area contributed by atoms with E-state index < -0.39 is 31.0 Å². The van der Waals surface area contributed by atoms with Gasteiger partial charge in [0.2, 0.25) is 0 Å². The van der Waals surface area contributed by atoms with Crippen LogP contribution >= 0.6 is 0 Å². The standard InChI is InChI=1S/C7H12F2O2/c8-3-4-1-2-5(10)6(9)7(4)11/h4-7,10-11H,1-3H2/t4-,5+,6-,7-/m1/s1. The van der Waals surface area contributed by atoms with Crippen molar-refractivity contribution in [3.63, 3.8) is 0 Å². The molecule has 1 fully saturated rings. The fourth-order valence-corrected chi connectivity index (χ4v) is 1.37. The molecule has 0 heterocycles. The first kappa shape index (κ1) is 8.87. The summed E-state index contributed by atoms with van der Waals surface area (Å²) in [5, 5.41) is 17.9. The Morgan fingerprint density at radius 1 is 1.27 bits per heavy atom. The molecule has 0 aromatic rings. The lowest BCUT2D eigenvalue weighted by molar-refractivity contribution is -0.0760. The molecule has 0 bridgehead atoms. The third-order valence-corrected chi connectivity index (χ3v) is 2.21. The van der Waals surface area contributed by atoms with Crippen LogP contribution in [0.1, 0.15) is 12.8 Å². The highest BCUT2D eigenvalue weighted by molar-refractivity contribution is 4.87. The molecule has 11 heavy (non-hydrogen) atoms. The summed E-state index contributed by atoms with van der Waals surface area (Å²) in [6.45, 7) is -0.714. The fourth-order valence-electron chi connectivity index (χ4n) is 1.37. The number of hydrogen-bond donors (Lipinski definition) is 2. The summed E-state index contributed by atoms with van der Waals surface area (Å²) >= 11 is 0. The lowest BCUT2D eigenvalue weighted by atomic mass is 9.84. The molecule has 4 atom stereocenters. The minimum absolute atomic E-state index is 0.243. The van der Waals surface area contributed by atoms with Crippen molar-refractivity contribution in [2.24, 2.45) is 5.92 Å². The van der Waals surface area contributed by atoms with Crippen molar-refractivity contribution in [1.29, 1.82) is 0 Å². The van der Waals surface area contributed by atoms with Gasteiger partial charge in [-0.15, -0.1) is 0 Å². The maximum absolute atomic E-state index is 12.7. The van der Waals surface area contributed by atoms with Crippen molar-refractivity contribution in [1.82, 2.24) is 0 Å². The first-order valence-electron chi connectivity index (χ1n) is 3.73. The van der Waals surface area contributed by atoms with Crippen LogP contribution in [0.5, 0.6) is 0 Å². The van der Waals surface area contributed by atoms with E-state index >= 15 is 0 Å². The van der Waals surface area contributed by atoms with Crippen LogP contribution in [0.4, 0.5) is 8.78 Å². The van der Waals surface area contributed by atoms with Crippen LogP contribution < -0.4 is 0 Å². The SMILES string of the molecule is O[C@@H]1[C@@H](CF)CC[C@H](O)[C@H]1F. The van der Waals surface area contributed by atoms with Crippen molar-refractivity contribution in [3.05, 3.63) is 0 Å². The zero-order valence-electron chi connectivity index (χ0n) is 6.08. The van der Waals surface area contributed by atoms with Crippen LogP contribution in [0.25, 0.3) is 0 Å². The summed E-state index contributed by atoms with van der Waals surface area (Å²) in [7, 11) is 0. The first-order valence-corrected chi connectivity index (χ1v) is 3.73. The van der Waals surface area contributed by atoms with Gasteiger partial charge < -0.3 is 10.2 Å². The second-order valence-corrected chi connectivity index (χ2v) is 2.99. The topological polar surface area (TPSA) is 40.5 Å². The molecule has 0 aliphatic heterocycles. The Labute approximate surface area is 63.8 Å². The molecule has 0 saturated heterocycles. The predicted octanol–water partition coefficient (Wildman–Crippen LogP) is 0.426. The molecule has 1 saturated carbocycles. The Bertz CT molecular complexity index is 130. The molecule has 0 spiro atoms. The minimum atomic E-state index is -1.68. The molecule has 0 amide bonds. The zero-order chi connectivity index (χ0) is 8.43. The maximum atomic E-state index is 12.7. The third kappa shape index (κ3) is 1.68. The highest BCUT2D eigenvalue weighted by Crippen LogP contribution is 2.27. The summed E-state index contributed by atoms with van der Waals surface area (Å²) < 4.78 is 24.8. The van der Waals surface area contributed by atoms with E-state index in [1.54, 1.807) is 0 Å². The van der Waals surface area contributed by atoms with Crippen molar-refractivity contribution in [2.75, 3.05) is 6.67 Å². The summed E-state index contributed by atoms with van der Waals surface area (Å²) in [5.41, 5.74) is 0. The summed E-state index contributed by atoms with van der Waals surface area (Å²) in [6, 6.07) is 0. The number of halogens is 2. The van der Waals surface area contributed by atoms with Crippen molar-refractivity contribution >= 4 is 0 Å². The molecule has 1 aliphatic rings. The van der Waals surface area contributed by atoms with E-state index in [0.29, 0.717) is 6.42 Å². The van der Waals surface area contributed by atoms with Gasteiger partial charge in [0, 0.05) is 5.92 Å². The van der Waals surface area contributed by atoms with E-state index in [4.69, 9.17) is 10.2 Å². The van der Waals surface area contributed by atoms with Crippen LogP contribution in [-0.2, 0) is 0 Å². The Morgan fingerprint density at radius 3 is 2.45 bits per heavy atom. The molecule has 2 N–H and O–H groups in total. The molecule has 0 aromatic carbocycles. The highest BCUT2D eigenvalue weighted by Gasteiger charge is 2.37. The molecule has 4 heteroatoms. The Balaban J connectivity index is 2.52. The fraction of sp³-hybridized carbons (Fsp3) is 1.00. The van der Waals surface area contributed by atoms with E-state index in [0.717, 1.165) is 0 Å². The Kier molecular flexibility index (Phi) is 2.78. The van der Waals surface area contributed by atoms with Crippen LogP contribution in [0.2, 0.25) is 0 Å². The van der Waals surface area contributed by atoms with Gasteiger partial charge >= 0.3 is 0 Å². The quantitative estimate of drug-likeness (QED) is 0.593. The molecular weight excluding hydrogens is 154 g/mol. The summed E-state index contributed by atoms with van der Waals surface area (Å²) in [6.07, 6.45) is -3.52. The largest absolute Gasteiger partial charge is 0.390 e. The van der Waals surface area contributed by atoms with E-state index in [1.807, 2.05) is 0 Å². The maximum Gasteiger partial charge on any atom is 0.152 e. The Hall–Kier alpha value is -0.220. The average molecular weight is 166 g/mol. The molecule has 0 radical (unpaired) electrons. The Morgan fingerprint density at radius 2 is 1.91 bits per heavy atom. The number of aliphatic hydroxyl groups is 2. The zero-order valence-corrected chi connectivity index (χ0v) is 6.08. The van der Waals surface area contributed by atoms with Gasteiger partial charge in [0.25, 0.3) is 0 Å². The molecule has 66 valence electrons. The number of rotatable bonds is 1. The smallest absolute Gasteiger partial charge is 0.152 e. The molecule has 1 rings (SSSR count). The van der Waals surface area contributed by atoms with Crippen LogP contribution in [0.3, 0.4) is 0 Å². The summed E-state index contributed by atoms with van der Waals surface area (Å²) in [5.74, 6) is -0.631. The number of alkyl halides is 2. The molecule has 2 nitrogen and oxygen atoms in total. The van der Waals surface area contributed by atoms with Crippen molar-refractivity contribution in [2.45, 2.75) is 31.2 Å². The predicted molar refractivity (Wildman–Crippen MR) is 35.6 cm³/mol. The molecular formula is C7H12F2O2. The summed E-state index contributed by atoms with van der Waals surface area (Å²) in [4.78, 5) is 0. The second kappa shape index (κ2) is 3.45. The monoisotopic (exact) mass is 166 g/mol. The number of hydrogen-bond acceptors (Lipinski definition) is 2. The third-order valence-electron chi connectivity index (χ3n) is 2.21. The lowest BCUT2D eigenvalue weighted by Gasteiger charge is -2.31. The van der Waals surface area contributed by atoms with Gasteiger partial charge in [-0.3, -0.25) is 4.39 Å². The second-order valence-electron chi connectivity index (χ2n) is 2.99. The highest BCUT2D eigenvalue weighted by atomic mass is 19.1. The van der Waals surface area contributed by atoms with E-state index in [2.05, 4.69) is 0 Å². The number of aliphatic hydroxyl groups excluding tert-OH is 2. The molecule has 0 aromatic heterocycles. The van der Waals surface area contributed by atoms with Crippen molar-refractivity contribution < 1.29 is 19.0 Å². The first-order chi connectivity index (χ1) is 5.16. The van der Waals surface area contributed by atoms with E-state index in [9.17, 15) is 8.78 Å².